The quantitative estimate of drug-likeness (QED) is 0.523. The molecule has 0 radical (unpaired) electrons. The second-order valence-corrected chi connectivity index (χ2v) is 3.69. The van der Waals surface area contributed by atoms with Crippen molar-refractivity contribution < 1.29 is 9.53 Å². The van der Waals surface area contributed by atoms with Gasteiger partial charge in [0.2, 0.25) is 0 Å². The molecule has 14 heavy (non-hydrogen) atoms. The number of anilines is 1. The van der Waals surface area contributed by atoms with Crippen LogP contribution in [0.25, 0.3) is 0 Å². The first-order valence-electron chi connectivity index (χ1n) is 4.59. The maximum atomic E-state index is 11.4. The van der Waals surface area contributed by atoms with Crippen LogP contribution in [-0.4, -0.2) is 25.2 Å². The Balaban J connectivity index is 2.16. The highest BCUT2D eigenvalue weighted by Gasteiger charge is 2.55. The number of carbonyl (C=O) groups is 1. The molecule has 1 aromatic carbocycles. The Bertz CT molecular complexity index is 350. The highest BCUT2D eigenvalue weighted by atomic mass is 16.5. The standard InChI is InChI=1S/C11H13NO2/c1-11(10(13)14-2)8-12(11)9-6-4-3-5-7-9/h3-7H,8H2,1-2H3. The molecule has 1 heterocycles. The Morgan fingerprint density at radius 2 is 2.07 bits per heavy atom. The van der Waals surface area contributed by atoms with Gasteiger partial charge in [0.1, 0.15) is 0 Å². The zero-order valence-corrected chi connectivity index (χ0v) is 8.36. The van der Waals surface area contributed by atoms with Gasteiger partial charge in [0.05, 0.1) is 13.7 Å². The first-order valence-corrected chi connectivity index (χ1v) is 4.59. The molecule has 2 rings (SSSR count). The van der Waals surface area contributed by atoms with Gasteiger partial charge in [0.25, 0.3) is 0 Å². The minimum absolute atomic E-state index is 0.165. The van der Waals surface area contributed by atoms with Crippen LogP contribution in [0.1, 0.15) is 6.92 Å². The topological polar surface area (TPSA) is 29.3 Å². The zero-order chi connectivity index (χ0) is 10.2. The van der Waals surface area contributed by atoms with Crippen LogP contribution in [0.2, 0.25) is 0 Å². The van der Waals surface area contributed by atoms with E-state index in [0.717, 1.165) is 12.2 Å². The average Bonchev–Trinajstić information content (AvgIpc) is 2.92. The van der Waals surface area contributed by atoms with E-state index in [1.165, 1.54) is 7.11 Å². The molecular weight excluding hydrogens is 178 g/mol. The average molecular weight is 191 g/mol. The van der Waals surface area contributed by atoms with Crippen molar-refractivity contribution in [1.29, 1.82) is 0 Å². The number of hydrogen-bond acceptors (Lipinski definition) is 3. The van der Waals surface area contributed by atoms with E-state index in [2.05, 4.69) is 0 Å². The number of para-hydroxylation sites is 1. The lowest BCUT2D eigenvalue weighted by Gasteiger charge is -2.10. The maximum Gasteiger partial charge on any atom is 0.333 e. The number of hydrogen-bond donors (Lipinski definition) is 0. The van der Waals surface area contributed by atoms with Crippen molar-refractivity contribution in [1.82, 2.24) is 0 Å². The van der Waals surface area contributed by atoms with Crippen molar-refractivity contribution >= 4 is 11.7 Å². The van der Waals surface area contributed by atoms with Crippen molar-refractivity contribution in [3.63, 3.8) is 0 Å². The summed E-state index contributed by atoms with van der Waals surface area (Å²) in [6, 6.07) is 9.88. The lowest BCUT2D eigenvalue weighted by Crippen LogP contribution is -2.27. The van der Waals surface area contributed by atoms with Crippen LogP contribution in [-0.2, 0) is 9.53 Å². The lowest BCUT2D eigenvalue weighted by molar-refractivity contribution is -0.142. The van der Waals surface area contributed by atoms with Crippen molar-refractivity contribution in [3.8, 4) is 0 Å². The van der Waals surface area contributed by atoms with Crippen LogP contribution in [0.3, 0.4) is 0 Å². The monoisotopic (exact) mass is 191 g/mol. The summed E-state index contributed by atoms with van der Waals surface area (Å²) in [6.07, 6.45) is 0. The molecule has 1 saturated heterocycles. The Morgan fingerprint density at radius 3 is 2.64 bits per heavy atom. The second-order valence-electron chi connectivity index (χ2n) is 3.69. The van der Waals surface area contributed by atoms with Crippen LogP contribution < -0.4 is 4.90 Å². The summed E-state index contributed by atoms with van der Waals surface area (Å²) in [5.41, 5.74) is 0.622. The van der Waals surface area contributed by atoms with E-state index in [9.17, 15) is 4.79 Å². The van der Waals surface area contributed by atoms with E-state index >= 15 is 0 Å². The molecule has 0 saturated carbocycles. The summed E-state index contributed by atoms with van der Waals surface area (Å²) in [7, 11) is 1.43. The molecule has 0 aromatic heterocycles. The third-order valence-corrected chi connectivity index (χ3v) is 2.65. The molecule has 1 unspecified atom stereocenters. The van der Waals surface area contributed by atoms with E-state index in [1.807, 2.05) is 42.2 Å². The first-order chi connectivity index (χ1) is 6.68. The number of carbonyl (C=O) groups excluding carboxylic acids is 1. The normalized spacial score (nSPS) is 24.6. The number of methoxy groups -OCH3 is 1. The number of esters is 1. The molecule has 3 heteroatoms. The molecule has 74 valence electrons. The smallest absolute Gasteiger partial charge is 0.333 e. The number of nitrogens with zero attached hydrogens (tertiary/aromatic N) is 1. The van der Waals surface area contributed by atoms with E-state index in [1.54, 1.807) is 0 Å². The molecular formula is C11H13NO2. The number of ether oxygens (including phenoxy) is 1. The molecule has 0 bridgehead atoms. The summed E-state index contributed by atoms with van der Waals surface area (Å²) >= 11 is 0. The van der Waals surface area contributed by atoms with Gasteiger partial charge < -0.3 is 9.64 Å². The third-order valence-electron chi connectivity index (χ3n) is 2.65. The van der Waals surface area contributed by atoms with Crippen LogP contribution in [0, 0.1) is 0 Å². The molecule has 1 aliphatic heterocycles. The maximum absolute atomic E-state index is 11.4. The van der Waals surface area contributed by atoms with Gasteiger partial charge in [-0.05, 0) is 19.1 Å². The zero-order valence-electron chi connectivity index (χ0n) is 8.36. The molecule has 1 atom stereocenters. The van der Waals surface area contributed by atoms with Gasteiger partial charge in [0, 0.05) is 5.69 Å². The fourth-order valence-electron chi connectivity index (χ4n) is 1.65. The first kappa shape index (κ1) is 9.06. The summed E-state index contributed by atoms with van der Waals surface area (Å²) in [6.45, 7) is 2.63. The van der Waals surface area contributed by atoms with E-state index in [4.69, 9.17) is 4.74 Å². The van der Waals surface area contributed by atoms with Gasteiger partial charge in [-0.3, -0.25) is 0 Å². The van der Waals surface area contributed by atoms with E-state index in [-0.39, 0.29) is 5.97 Å². The summed E-state index contributed by atoms with van der Waals surface area (Å²) in [5, 5.41) is 0. The van der Waals surface area contributed by atoms with Gasteiger partial charge in [0.15, 0.2) is 5.54 Å². The highest BCUT2D eigenvalue weighted by Crippen LogP contribution is 2.38. The minimum Gasteiger partial charge on any atom is -0.467 e. The molecule has 1 aliphatic rings. The van der Waals surface area contributed by atoms with Crippen molar-refractivity contribution in [2.24, 2.45) is 0 Å². The summed E-state index contributed by atoms with van der Waals surface area (Å²) < 4.78 is 4.75. The SMILES string of the molecule is COC(=O)C1(C)CN1c1ccccc1. The van der Waals surface area contributed by atoms with Crippen LogP contribution >= 0.6 is 0 Å². The number of rotatable bonds is 2. The Morgan fingerprint density at radius 1 is 1.43 bits per heavy atom. The number of benzene rings is 1. The summed E-state index contributed by atoms with van der Waals surface area (Å²) in [5.74, 6) is -0.165. The van der Waals surface area contributed by atoms with Crippen molar-refractivity contribution in [2.45, 2.75) is 12.5 Å². The van der Waals surface area contributed by atoms with Crippen LogP contribution in [0.4, 0.5) is 5.69 Å². The van der Waals surface area contributed by atoms with E-state index < -0.39 is 5.54 Å². The Hall–Kier alpha value is -1.51. The van der Waals surface area contributed by atoms with Crippen LogP contribution in [0.15, 0.2) is 30.3 Å². The molecule has 3 nitrogen and oxygen atoms in total. The molecule has 0 spiro atoms. The molecule has 1 aromatic rings. The highest BCUT2D eigenvalue weighted by molar-refractivity contribution is 5.91. The Kier molecular flexibility index (Phi) is 1.95. The largest absolute Gasteiger partial charge is 0.467 e. The van der Waals surface area contributed by atoms with Gasteiger partial charge in [-0.2, -0.15) is 0 Å². The molecule has 1 fully saturated rings. The molecule has 0 amide bonds. The van der Waals surface area contributed by atoms with Crippen molar-refractivity contribution in [2.75, 3.05) is 18.6 Å². The Labute approximate surface area is 83.3 Å². The van der Waals surface area contributed by atoms with Gasteiger partial charge in [-0.1, -0.05) is 18.2 Å². The second kappa shape index (κ2) is 3.01. The molecule has 0 aliphatic carbocycles. The third kappa shape index (κ3) is 1.25. The fourth-order valence-corrected chi connectivity index (χ4v) is 1.65. The predicted octanol–water partition coefficient (Wildman–Crippen LogP) is 1.44. The van der Waals surface area contributed by atoms with Gasteiger partial charge in [-0.15, -0.1) is 0 Å². The van der Waals surface area contributed by atoms with Gasteiger partial charge >= 0.3 is 5.97 Å². The summed E-state index contributed by atoms with van der Waals surface area (Å²) in [4.78, 5) is 13.4. The minimum atomic E-state index is -0.448. The van der Waals surface area contributed by atoms with Gasteiger partial charge in [-0.25, -0.2) is 4.79 Å². The van der Waals surface area contributed by atoms with E-state index in [0.29, 0.717) is 0 Å². The fraction of sp³-hybridized carbons (Fsp3) is 0.364. The van der Waals surface area contributed by atoms with Crippen LogP contribution in [0.5, 0.6) is 0 Å². The molecule has 0 N–H and O–H groups in total. The van der Waals surface area contributed by atoms with Crippen molar-refractivity contribution in [3.05, 3.63) is 30.3 Å². The predicted molar refractivity (Wildman–Crippen MR) is 54.2 cm³/mol. The lowest BCUT2D eigenvalue weighted by atomic mass is 10.2.